The first kappa shape index (κ1) is 14.2. The van der Waals surface area contributed by atoms with E-state index in [2.05, 4.69) is 0 Å². The normalized spacial score (nSPS) is 11.7. The van der Waals surface area contributed by atoms with Crippen LogP contribution >= 0.6 is 0 Å². The topological polar surface area (TPSA) is 46.6 Å². The second kappa shape index (κ2) is 6.79. The number of benzene rings is 1. The molecule has 1 atom stereocenters. The second-order valence-corrected chi connectivity index (χ2v) is 4.41. The molecule has 0 aliphatic rings. The van der Waals surface area contributed by atoms with Crippen molar-refractivity contribution in [2.75, 3.05) is 14.1 Å². The maximum Gasteiger partial charge on any atom is 0.302 e. The van der Waals surface area contributed by atoms with E-state index >= 15 is 0 Å². The van der Waals surface area contributed by atoms with Gasteiger partial charge in [-0.15, -0.1) is 0 Å². The van der Waals surface area contributed by atoms with Crippen molar-refractivity contribution in [3.63, 3.8) is 0 Å². The summed E-state index contributed by atoms with van der Waals surface area (Å²) in [4.78, 5) is 24.2. The summed E-state index contributed by atoms with van der Waals surface area (Å²) in [6.07, 6.45) is 0.362. The standard InChI is InChI=1S/C14H19NO3/c1-11(16)18-13(10-14(17)15(2)3)9-12-7-5-4-6-8-12/h4-8,13H,9-10H2,1-3H3/t13-/m0/s1. The SMILES string of the molecule is CC(=O)O[C@H](CC(=O)N(C)C)Cc1ccccc1. The lowest BCUT2D eigenvalue weighted by Crippen LogP contribution is -2.30. The number of hydrogen-bond donors (Lipinski definition) is 0. The van der Waals surface area contributed by atoms with E-state index < -0.39 is 6.10 Å². The Bertz CT molecular complexity index is 401. The minimum Gasteiger partial charge on any atom is -0.462 e. The molecule has 4 nitrogen and oxygen atoms in total. The van der Waals surface area contributed by atoms with Crippen LogP contribution in [0, 0.1) is 0 Å². The van der Waals surface area contributed by atoms with Crippen molar-refractivity contribution in [1.82, 2.24) is 4.90 Å². The van der Waals surface area contributed by atoms with Crippen LogP contribution in [0.4, 0.5) is 0 Å². The summed E-state index contributed by atoms with van der Waals surface area (Å²) in [6.45, 7) is 1.36. The zero-order valence-electron chi connectivity index (χ0n) is 11.1. The van der Waals surface area contributed by atoms with Gasteiger partial charge in [-0.05, 0) is 5.56 Å². The fourth-order valence-electron chi connectivity index (χ4n) is 1.64. The summed E-state index contributed by atoms with van der Waals surface area (Å²) in [5, 5.41) is 0. The fourth-order valence-corrected chi connectivity index (χ4v) is 1.64. The van der Waals surface area contributed by atoms with Gasteiger partial charge in [-0.2, -0.15) is 0 Å². The Labute approximate surface area is 108 Å². The molecule has 0 unspecified atom stereocenters. The van der Waals surface area contributed by atoms with E-state index in [1.807, 2.05) is 30.3 Å². The number of carbonyl (C=O) groups excluding carboxylic acids is 2. The third kappa shape index (κ3) is 4.99. The predicted octanol–water partition coefficient (Wildman–Crippen LogP) is 1.64. The number of carbonyl (C=O) groups is 2. The average molecular weight is 249 g/mol. The number of hydrogen-bond acceptors (Lipinski definition) is 3. The molecular weight excluding hydrogens is 230 g/mol. The first-order chi connectivity index (χ1) is 8.49. The predicted molar refractivity (Wildman–Crippen MR) is 69.0 cm³/mol. The summed E-state index contributed by atoms with van der Waals surface area (Å²) in [7, 11) is 3.38. The van der Waals surface area contributed by atoms with Crippen molar-refractivity contribution >= 4 is 11.9 Å². The molecule has 0 radical (unpaired) electrons. The maximum absolute atomic E-state index is 11.7. The summed E-state index contributed by atoms with van der Waals surface area (Å²) in [5.74, 6) is -0.403. The number of nitrogens with zero attached hydrogens (tertiary/aromatic N) is 1. The van der Waals surface area contributed by atoms with Crippen LogP contribution in [-0.2, 0) is 20.7 Å². The molecule has 0 bridgehead atoms. The van der Waals surface area contributed by atoms with Gasteiger partial charge in [0.1, 0.15) is 6.10 Å². The number of ether oxygens (including phenoxy) is 1. The highest BCUT2D eigenvalue weighted by molar-refractivity contribution is 5.76. The Morgan fingerprint density at radius 3 is 2.33 bits per heavy atom. The van der Waals surface area contributed by atoms with Gasteiger partial charge in [0.05, 0.1) is 6.42 Å². The van der Waals surface area contributed by atoms with Gasteiger partial charge in [-0.25, -0.2) is 0 Å². The molecule has 1 rings (SSSR count). The minimum absolute atomic E-state index is 0.0443. The maximum atomic E-state index is 11.7. The van der Waals surface area contributed by atoms with Crippen LogP contribution < -0.4 is 0 Å². The molecule has 1 amide bonds. The van der Waals surface area contributed by atoms with Crippen LogP contribution in [0.5, 0.6) is 0 Å². The van der Waals surface area contributed by atoms with Gasteiger partial charge < -0.3 is 9.64 Å². The van der Waals surface area contributed by atoms with Crippen LogP contribution in [0.3, 0.4) is 0 Å². The van der Waals surface area contributed by atoms with E-state index in [-0.39, 0.29) is 18.3 Å². The summed E-state index contributed by atoms with van der Waals surface area (Å²) in [5.41, 5.74) is 1.05. The van der Waals surface area contributed by atoms with Crippen LogP contribution in [-0.4, -0.2) is 37.0 Å². The number of esters is 1. The molecule has 0 aliphatic carbocycles. The van der Waals surface area contributed by atoms with Crippen LogP contribution in [0.2, 0.25) is 0 Å². The molecule has 4 heteroatoms. The van der Waals surface area contributed by atoms with Gasteiger partial charge in [0.15, 0.2) is 0 Å². The van der Waals surface area contributed by atoms with E-state index in [9.17, 15) is 9.59 Å². The van der Waals surface area contributed by atoms with Crippen LogP contribution in [0.1, 0.15) is 18.9 Å². The van der Waals surface area contributed by atoms with Crippen molar-refractivity contribution < 1.29 is 14.3 Å². The molecule has 1 aromatic rings. The largest absolute Gasteiger partial charge is 0.462 e. The highest BCUT2D eigenvalue weighted by atomic mass is 16.5. The van der Waals surface area contributed by atoms with Crippen LogP contribution in [0.25, 0.3) is 0 Å². The Morgan fingerprint density at radius 2 is 1.83 bits per heavy atom. The van der Waals surface area contributed by atoms with Crippen molar-refractivity contribution in [1.29, 1.82) is 0 Å². The zero-order valence-corrected chi connectivity index (χ0v) is 11.1. The lowest BCUT2D eigenvalue weighted by Gasteiger charge is -2.19. The van der Waals surface area contributed by atoms with E-state index in [1.54, 1.807) is 14.1 Å². The Kier molecular flexibility index (Phi) is 5.36. The van der Waals surface area contributed by atoms with Gasteiger partial charge in [-0.3, -0.25) is 9.59 Å². The highest BCUT2D eigenvalue weighted by Gasteiger charge is 2.18. The summed E-state index contributed by atoms with van der Waals surface area (Å²) in [6, 6.07) is 9.68. The van der Waals surface area contributed by atoms with Gasteiger partial charge in [0.2, 0.25) is 5.91 Å². The van der Waals surface area contributed by atoms with E-state index in [0.717, 1.165) is 5.56 Å². The summed E-state index contributed by atoms with van der Waals surface area (Å²) >= 11 is 0. The lowest BCUT2D eigenvalue weighted by atomic mass is 10.1. The molecule has 0 fully saturated rings. The second-order valence-electron chi connectivity index (χ2n) is 4.41. The quantitative estimate of drug-likeness (QED) is 0.745. The first-order valence-corrected chi connectivity index (χ1v) is 5.90. The fraction of sp³-hybridized carbons (Fsp3) is 0.429. The summed E-state index contributed by atoms with van der Waals surface area (Å²) < 4.78 is 5.19. The Morgan fingerprint density at radius 1 is 1.22 bits per heavy atom. The Balaban J connectivity index is 2.66. The zero-order chi connectivity index (χ0) is 13.5. The smallest absolute Gasteiger partial charge is 0.302 e. The van der Waals surface area contributed by atoms with Crippen molar-refractivity contribution in [2.45, 2.75) is 25.9 Å². The van der Waals surface area contributed by atoms with E-state index in [0.29, 0.717) is 6.42 Å². The molecule has 0 spiro atoms. The first-order valence-electron chi connectivity index (χ1n) is 5.90. The van der Waals surface area contributed by atoms with E-state index in [1.165, 1.54) is 11.8 Å². The molecule has 0 aromatic heterocycles. The Hall–Kier alpha value is -1.84. The highest BCUT2D eigenvalue weighted by Crippen LogP contribution is 2.10. The molecule has 0 aliphatic heterocycles. The lowest BCUT2D eigenvalue weighted by molar-refractivity contribution is -0.148. The van der Waals surface area contributed by atoms with Gasteiger partial charge in [0.25, 0.3) is 0 Å². The van der Waals surface area contributed by atoms with Crippen molar-refractivity contribution in [2.24, 2.45) is 0 Å². The number of rotatable bonds is 5. The molecule has 18 heavy (non-hydrogen) atoms. The minimum atomic E-state index is -0.403. The molecule has 0 heterocycles. The average Bonchev–Trinajstić information content (AvgIpc) is 2.29. The third-order valence-electron chi connectivity index (χ3n) is 2.54. The van der Waals surface area contributed by atoms with Gasteiger partial charge in [-0.1, -0.05) is 30.3 Å². The van der Waals surface area contributed by atoms with Gasteiger partial charge in [0, 0.05) is 27.4 Å². The molecule has 1 aromatic carbocycles. The molecular formula is C14H19NO3. The molecule has 0 N–H and O–H groups in total. The number of amides is 1. The molecule has 98 valence electrons. The van der Waals surface area contributed by atoms with Crippen molar-refractivity contribution in [3.8, 4) is 0 Å². The van der Waals surface area contributed by atoms with Crippen molar-refractivity contribution in [3.05, 3.63) is 35.9 Å². The molecule has 0 saturated carbocycles. The van der Waals surface area contributed by atoms with E-state index in [4.69, 9.17) is 4.74 Å². The molecule has 0 saturated heterocycles. The van der Waals surface area contributed by atoms with Crippen LogP contribution in [0.15, 0.2) is 30.3 Å². The van der Waals surface area contributed by atoms with Gasteiger partial charge >= 0.3 is 5.97 Å². The third-order valence-corrected chi connectivity index (χ3v) is 2.54. The monoisotopic (exact) mass is 249 g/mol.